The van der Waals surface area contributed by atoms with Gasteiger partial charge in [0.15, 0.2) is 0 Å². The van der Waals surface area contributed by atoms with Gasteiger partial charge in [0.05, 0.1) is 10.3 Å². The third-order valence-corrected chi connectivity index (χ3v) is 4.65. The lowest BCUT2D eigenvalue weighted by molar-refractivity contribution is -0.115. The van der Waals surface area contributed by atoms with Crippen molar-refractivity contribution < 1.29 is 4.79 Å². The molecule has 1 amide bonds. The van der Waals surface area contributed by atoms with Crippen LogP contribution in [0, 0.1) is 6.92 Å². The number of nitrogens with zero attached hydrogens (tertiary/aromatic N) is 1. The van der Waals surface area contributed by atoms with Crippen molar-refractivity contribution in [2.24, 2.45) is 0 Å². The number of aryl methyl sites for hydroxylation is 1. The fraction of sp³-hybridized carbons (Fsp3) is 0.200. The van der Waals surface area contributed by atoms with E-state index in [4.69, 9.17) is 23.2 Å². The highest BCUT2D eigenvalue weighted by Gasteiger charge is 2.17. The van der Waals surface area contributed by atoms with Crippen LogP contribution >= 0.6 is 35.0 Å². The summed E-state index contributed by atoms with van der Waals surface area (Å²) in [6, 6.07) is 8.92. The van der Waals surface area contributed by atoms with E-state index in [-0.39, 0.29) is 11.2 Å². The standard InChI is InChI=1S/C15H14Cl2N2OS/c1-9-4-3-7-18-14(9)19-15(20)10(2)21-13-8-11(16)5-6-12(13)17/h3-8,10H,1-2H3,(H,18,19,20). The number of thioether (sulfide) groups is 1. The highest BCUT2D eigenvalue weighted by atomic mass is 35.5. The number of benzene rings is 1. The van der Waals surface area contributed by atoms with E-state index >= 15 is 0 Å². The minimum absolute atomic E-state index is 0.127. The number of anilines is 1. The Balaban J connectivity index is 2.06. The molecule has 110 valence electrons. The SMILES string of the molecule is Cc1cccnc1NC(=O)C(C)Sc1cc(Cl)ccc1Cl. The summed E-state index contributed by atoms with van der Waals surface area (Å²) < 4.78 is 0. The van der Waals surface area contributed by atoms with Crippen LogP contribution in [0.4, 0.5) is 5.82 Å². The predicted octanol–water partition coefficient (Wildman–Crippen LogP) is 4.82. The molecule has 0 spiro atoms. The quantitative estimate of drug-likeness (QED) is 0.811. The molecule has 0 radical (unpaired) electrons. The summed E-state index contributed by atoms with van der Waals surface area (Å²) in [5.74, 6) is 0.449. The van der Waals surface area contributed by atoms with Crippen molar-refractivity contribution in [3.63, 3.8) is 0 Å². The average molecular weight is 341 g/mol. The van der Waals surface area contributed by atoms with Crippen molar-refractivity contribution in [3.05, 3.63) is 52.1 Å². The fourth-order valence-electron chi connectivity index (χ4n) is 1.65. The van der Waals surface area contributed by atoms with E-state index in [1.54, 1.807) is 24.4 Å². The first-order chi connectivity index (χ1) is 9.97. The van der Waals surface area contributed by atoms with Gasteiger partial charge in [-0.2, -0.15) is 0 Å². The van der Waals surface area contributed by atoms with Crippen LogP contribution < -0.4 is 5.32 Å². The second kappa shape index (κ2) is 7.16. The third-order valence-electron chi connectivity index (χ3n) is 2.82. The summed E-state index contributed by atoms with van der Waals surface area (Å²) in [4.78, 5) is 17.2. The van der Waals surface area contributed by atoms with Crippen molar-refractivity contribution in [1.29, 1.82) is 0 Å². The van der Waals surface area contributed by atoms with Gasteiger partial charge in [0, 0.05) is 16.1 Å². The predicted molar refractivity (Wildman–Crippen MR) is 89.4 cm³/mol. The number of carbonyl (C=O) groups excluding carboxylic acids is 1. The van der Waals surface area contributed by atoms with E-state index in [9.17, 15) is 4.79 Å². The Kier molecular flexibility index (Phi) is 5.51. The number of pyridine rings is 1. The van der Waals surface area contributed by atoms with Gasteiger partial charge in [0.25, 0.3) is 0 Å². The number of aromatic nitrogens is 1. The summed E-state index contributed by atoms with van der Waals surface area (Å²) >= 11 is 13.4. The second-order valence-corrected chi connectivity index (χ2v) is 6.72. The van der Waals surface area contributed by atoms with E-state index in [0.717, 1.165) is 10.5 Å². The molecular formula is C15H14Cl2N2OS. The largest absolute Gasteiger partial charge is 0.310 e. The molecule has 0 fully saturated rings. The van der Waals surface area contributed by atoms with Crippen LogP contribution in [0.2, 0.25) is 10.0 Å². The van der Waals surface area contributed by atoms with Gasteiger partial charge in [-0.25, -0.2) is 4.98 Å². The maximum atomic E-state index is 12.2. The molecule has 1 unspecified atom stereocenters. The molecule has 0 saturated carbocycles. The first-order valence-corrected chi connectivity index (χ1v) is 7.95. The lowest BCUT2D eigenvalue weighted by Gasteiger charge is -2.13. The number of nitrogens with one attached hydrogen (secondary N) is 1. The summed E-state index contributed by atoms with van der Waals surface area (Å²) in [6.45, 7) is 3.71. The van der Waals surface area contributed by atoms with Gasteiger partial charge in [0.1, 0.15) is 5.82 Å². The Labute approximate surface area is 138 Å². The van der Waals surface area contributed by atoms with Gasteiger partial charge < -0.3 is 5.32 Å². The van der Waals surface area contributed by atoms with Crippen molar-refractivity contribution >= 4 is 46.7 Å². The van der Waals surface area contributed by atoms with Crippen molar-refractivity contribution in [2.75, 3.05) is 5.32 Å². The highest BCUT2D eigenvalue weighted by Crippen LogP contribution is 2.33. The van der Waals surface area contributed by atoms with Crippen LogP contribution in [0.15, 0.2) is 41.4 Å². The number of rotatable bonds is 4. The van der Waals surface area contributed by atoms with E-state index in [1.165, 1.54) is 11.8 Å². The van der Waals surface area contributed by atoms with Crippen LogP contribution in [0.5, 0.6) is 0 Å². The molecule has 3 nitrogen and oxygen atoms in total. The van der Waals surface area contributed by atoms with Crippen LogP contribution in [-0.4, -0.2) is 16.1 Å². The minimum atomic E-state index is -0.317. The maximum Gasteiger partial charge on any atom is 0.238 e. The maximum absolute atomic E-state index is 12.2. The number of hydrogen-bond donors (Lipinski definition) is 1. The van der Waals surface area contributed by atoms with Gasteiger partial charge in [-0.1, -0.05) is 29.3 Å². The van der Waals surface area contributed by atoms with Crippen LogP contribution in [0.25, 0.3) is 0 Å². The normalized spacial score (nSPS) is 12.0. The molecule has 0 aliphatic heterocycles. The minimum Gasteiger partial charge on any atom is -0.310 e. The Morgan fingerprint density at radius 2 is 2.10 bits per heavy atom. The zero-order chi connectivity index (χ0) is 15.4. The van der Waals surface area contributed by atoms with E-state index in [1.807, 2.05) is 26.0 Å². The topological polar surface area (TPSA) is 42.0 Å². The molecule has 1 aromatic carbocycles. The van der Waals surface area contributed by atoms with Crippen LogP contribution in [0.3, 0.4) is 0 Å². The van der Waals surface area contributed by atoms with Crippen LogP contribution in [0.1, 0.15) is 12.5 Å². The molecule has 2 rings (SSSR count). The van der Waals surface area contributed by atoms with Crippen molar-refractivity contribution in [3.8, 4) is 0 Å². The molecule has 21 heavy (non-hydrogen) atoms. The number of amides is 1. The molecular weight excluding hydrogens is 327 g/mol. The summed E-state index contributed by atoms with van der Waals surface area (Å²) in [7, 11) is 0. The Morgan fingerprint density at radius 3 is 2.81 bits per heavy atom. The molecule has 1 N–H and O–H groups in total. The molecule has 0 saturated heterocycles. The molecule has 0 bridgehead atoms. The van der Waals surface area contributed by atoms with Gasteiger partial charge in [-0.3, -0.25) is 4.79 Å². The van der Waals surface area contributed by atoms with Gasteiger partial charge in [-0.05, 0) is 43.7 Å². The number of carbonyl (C=O) groups is 1. The molecule has 2 aromatic rings. The lowest BCUT2D eigenvalue weighted by Crippen LogP contribution is -2.23. The van der Waals surface area contributed by atoms with E-state index in [0.29, 0.717) is 15.9 Å². The summed E-state index contributed by atoms with van der Waals surface area (Å²) in [6.07, 6.45) is 1.65. The summed E-state index contributed by atoms with van der Waals surface area (Å²) in [5, 5.41) is 3.67. The van der Waals surface area contributed by atoms with Gasteiger partial charge in [-0.15, -0.1) is 11.8 Å². The average Bonchev–Trinajstić information content (AvgIpc) is 2.45. The van der Waals surface area contributed by atoms with Gasteiger partial charge >= 0.3 is 0 Å². The zero-order valence-electron chi connectivity index (χ0n) is 11.6. The first kappa shape index (κ1) is 16.1. The van der Waals surface area contributed by atoms with Crippen LogP contribution in [-0.2, 0) is 4.79 Å². The lowest BCUT2D eigenvalue weighted by atomic mass is 10.3. The molecule has 1 heterocycles. The zero-order valence-corrected chi connectivity index (χ0v) is 13.9. The van der Waals surface area contributed by atoms with Gasteiger partial charge in [0.2, 0.25) is 5.91 Å². The smallest absolute Gasteiger partial charge is 0.238 e. The molecule has 0 aliphatic rings. The third kappa shape index (κ3) is 4.37. The monoisotopic (exact) mass is 340 g/mol. The Morgan fingerprint density at radius 1 is 1.33 bits per heavy atom. The number of hydrogen-bond acceptors (Lipinski definition) is 3. The summed E-state index contributed by atoms with van der Waals surface area (Å²) in [5.41, 5.74) is 0.920. The molecule has 0 aliphatic carbocycles. The van der Waals surface area contributed by atoms with E-state index < -0.39 is 0 Å². The molecule has 1 aromatic heterocycles. The first-order valence-electron chi connectivity index (χ1n) is 6.31. The Bertz CT molecular complexity index is 664. The van der Waals surface area contributed by atoms with Crippen molar-refractivity contribution in [2.45, 2.75) is 24.0 Å². The molecule has 6 heteroatoms. The molecule has 1 atom stereocenters. The fourth-order valence-corrected chi connectivity index (χ4v) is 3.06. The highest BCUT2D eigenvalue weighted by molar-refractivity contribution is 8.00. The Hall–Kier alpha value is -1.23. The number of halogens is 2. The second-order valence-electron chi connectivity index (χ2n) is 4.49. The van der Waals surface area contributed by atoms with Crippen molar-refractivity contribution in [1.82, 2.24) is 4.98 Å². The van der Waals surface area contributed by atoms with E-state index in [2.05, 4.69) is 10.3 Å².